The Bertz CT molecular complexity index is 1110. The van der Waals surface area contributed by atoms with Gasteiger partial charge in [0.1, 0.15) is 5.82 Å². The molecule has 1 saturated heterocycles. The summed E-state index contributed by atoms with van der Waals surface area (Å²) in [4.78, 5) is 18.0. The Morgan fingerprint density at radius 2 is 1.78 bits per heavy atom. The number of nitrogens with one attached hydrogen (secondary N) is 1. The predicted molar refractivity (Wildman–Crippen MR) is 112 cm³/mol. The van der Waals surface area contributed by atoms with Gasteiger partial charge in [-0.1, -0.05) is 11.6 Å². The molecule has 1 aliphatic carbocycles. The number of rotatable bonds is 5. The third kappa shape index (κ3) is 4.84. The summed E-state index contributed by atoms with van der Waals surface area (Å²) in [6.45, 7) is 0.152. The monoisotopic (exact) mass is 488 g/mol. The fraction of sp³-hybridized carbons (Fsp3) is 0.400. The van der Waals surface area contributed by atoms with Crippen molar-refractivity contribution in [2.75, 3.05) is 31.5 Å². The van der Waals surface area contributed by atoms with E-state index in [2.05, 4.69) is 10.3 Å². The van der Waals surface area contributed by atoms with E-state index < -0.39 is 31.7 Å². The second-order valence-electron chi connectivity index (χ2n) is 7.69. The van der Waals surface area contributed by atoms with Crippen molar-refractivity contribution in [1.82, 2.24) is 14.2 Å². The topological polar surface area (TPSA) is 82.6 Å². The number of carbonyl (C=O) groups is 1. The highest BCUT2D eigenvalue weighted by atomic mass is 35.5. The molecule has 2 heterocycles. The number of benzene rings is 1. The van der Waals surface area contributed by atoms with Gasteiger partial charge >= 0.3 is 6.18 Å². The smallest absolute Gasteiger partial charge is 0.367 e. The van der Waals surface area contributed by atoms with Crippen molar-refractivity contribution < 1.29 is 26.4 Å². The minimum absolute atomic E-state index is 0.0349. The SMILES string of the molecule is O=C(c1ccc(NC2CC2)nc1)N1CCN(S(=O)(=O)c2ccc(Cl)c(C(F)(F)F)c2)CC1. The summed E-state index contributed by atoms with van der Waals surface area (Å²) < 4.78 is 66.1. The first-order chi connectivity index (χ1) is 15.1. The molecule has 1 amide bonds. The van der Waals surface area contributed by atoms with E-state index in [1.54, 1.807) is 12.1 Å². The summed E-state index contributed by atoms with van der Waals surface area (Å²) in [7, 11) is -4.17. The molecule has 0 unspecified atom stereocenters. The predicted octanol–water partition coefficient (Wildman–Crippen LogP) is 3.47. The van der Waals surface area contributed by atoms with Gasteiger partial charge in [-0.05, 0) is 43.2 Å². The van der Waals surface area contributed by atoms with Gasteiger partial charge in [0.2, 0.25) is 10.0 Å². The average molecular weight is 489 g/mol. The maximum Gasteiger partial charge on any atom is 0.417 e. The first-order valence-corrected chi connectivity index (χ1v) is 11.8. The summed E-state index contributed by atoms with van der Waals surface area (Å²) in [5, 5.41) is 2.66. The summed E-state index contributed by atoms with van der Waals surface area (Å²) in [6.07, 6.45) is -1.10. The van der Waals surface area contributed by atoms with E-state index >= 15 is 0 Å². The van der Waals surface area contributed by atoms with E-state index in [1.165, 1.54) is 11.1 Å². The van der Waals surface area contributed by atoms with Gasteiger partial charge in [0.15, 0.2) is 0 Å². The number of piperazine rings is 1. The number of amides is 1. The molecule has 0 spiro atoms. The average Bonchev–Trinajstić information content (AvgIpc) is 3.57. The van der Waals surface area contributed by atoms with Crippen LogP contribution in [-0.4, -0.2) is 60.7 Å². The summed E-state index contributed by atoms with van der Waals surface area (Å²) >= 11 is 5.58. The van der Waals surface area contributed by atoms with E-state index in [-0.39, 0.29) is 32.1 Å². The van der Waals surface area contributed by atoms with E-state index in [1.807, 2.05) is 0 Å². The zero-order valence-corrected chi connectivity index (χ0v) is 18.3. The van der Waals surface area contributed by atoms with E-state index in [0.717, 1.165) is 29.3 Å². The van der Waals surface area contributed by atoms with Gasteiger partial charge in [0.25, 0.3) is 5.91 Å². The highest BCUT2D eigenvalue weighted by molar-refractivity contribution is 7.89. The van der Waals surface area contributed by atoms with Crippen molar-refractivity contribution in [3.63, 3.8) is 0 Å². The Hall–Kier alpha value is -2.37. The molecule has 1 aromatic heterocycles. The zero-order chi connectivity index (χ0) is 23.1. The quantitative estimate of drug-likeness (QED) is 0.697. The molecule has 2 aliphatic rings. The normalized spacial score (nSPS) is 17.9. The number of nitrogens with zero attached hydrogens (tertiary/aromatic N) is 3. The van der Waals surface area contributed by atoms with Gasteiger partial charge in [0.05, 0.1) is 21.0 Å². The highest BCUT2D eigenvalue weighted by Crippen LogP contribution is 2.36. The zero-order valence-electron chi connectivity index (χ0n) is 16.8. The maximum atomic E-state index is 13.1. The number of carbonyl (C=O) groups excluding carboxylic acids is 1. The van der Waals surface area contributed by atoms with Crippen LogP contribution in [-0.2, 0) is 16.2 Å². The largest absolute Gasteiger partial charge is 0.417 e. The molecule has 4 rings (SSSR count). The summed E-state index contributed by atoms with van der Waals surface area (Å²) in [5.41, 5.74) is -0.823. The molecule has 12 heteroatoms. The molecule has 0 bridgehead atoms. The summed E-state index contributed by atoms with van der Waals surface area (Å²) in [6, 6.07) is 6.34. The third-order valence-corrected chi connectivity index (χ3v) is 7.57. The fourth-order valence-electron chi connectivity index (χ4n) is 3.39. The maximum absolute atomic E-state index is 13.1. The van der Waals surface area contributed by atoms with Crippen LogP contribution in [0.2, 0.25) is 5.02 Å². The number of sulfonamides is 1. The molecule has 0 radical (unpaired) electrons. The van der Waals surface area contributed by atoms with Crippen LogP contribution >= 0.6 is 11.6 Å². The number of hydrogen-bond acceptors (Lipinski definition) is 5. The van der Waals surface area contributed by atoms with Crippen LogP contribution in [0.3, 0.4) is 0 Å². The molecular weight excluding hydrogens is 469 g/mol. The van der Waals surface area contributed by atoms with E-state index in [4.69, 9.17) is 11.6 Å². The van der Waals surface area contributed by atoms with Crippen LogP contribution in [0.1, 0.15) is 28.8 Å². The lowest BCUT2D eigenvalue weighted by atomic mass is 10.2. The van der Waals surface area contributed by atoms with Crippen LogP contribution in [0.4, 0.5) is 19.0 Å². The van der Waals surface area contributed by atoms with Crippen molar-refractivity contribution in [3.8, 4) is 0 Å². The van der Waals surface area contributed by atoms with Crippen molar-refractivity contribution >= 4 is 33.3 Å². The Kier molecular flexibility index (Phi) is 6.08. The van der Waals surface area contributed by atoms with Crippen LogP contribution < -0.4 is 5.32 Å². The molecule has 1 saturated carbocycles. The van der Waals surface area contributed by atoms with E-state index in [0.29, 0.717) is 23.5 Å². The van der Waals surface area contributed by atoms with Crippen LogP contribution in [0.5, 0.6) is 0 Å². The first-order valence-electron chi connectivity index (χ1n) is 9.94. The van der Waals surface area contributed by atoms with Gasteiger partial charge < -0.3 is 10.2 Å². The fourth-order valence-corrected chi connectivity index (χ4v) is 5.06. The van der Waals surface area contributed by atoms with Gasteiger partial charge in [-0.3, -0.25) is 4.79 Å². The van der Waals surface area contributed by atoms with Crippen LogP contribution in [0.25, 0.3) is 0 Å². The lowest BCUT2D eigenvalue weighted by Gasteiger charge is -2.34. The molecule has 1 N–H and O–H groups in total. The second kappa shape index (κ2) is 8.53. The molecule has 7 nitrogen and oxygen atoms in total. The molecule has 32 heavy (non-hydrogen) atoms. The third-order valence-electron chi connectivity index (χ3n) is 5.35. The van der Waals surface area contributed by atoms with Gasteiger partial charge in [-0.2, -0.15) is 17.5 Å². The molecule has 1 aliphatic heterocycles. The number of aromatic nitrogens is 1. The molecular formula is C20H20ClF3N4O3S. The van der Waals surface area contributed by atoms with Crippen molar-refractivity contribution in [3.05, 3.63) is 52.7 Å². The van der Waals surface area contributed by atoms with E-state index in [9.17, 15) is 26.4 Å². The van der Waals surface area contributed by atoms with Crippen LogP contribution in [0.15, 0.2) is 41.4 Å². The van der Waals surface area contributed by atoms with Gasteiger partial charge in [-0.15, -0.1) is 0 Å². The minimum atomic E-state index is -4.77. The Morgan fingerprint density at radius 3 is 2.34 bits per heavy atom. The Labute approximate surface area is 188 Å². The number of alkyl halides is 3. The molecule has 2 fully saturated rings. The lowest BCUT2D eigenvalue weighted by Crippen LogP contribution is -2.50. The van der Waals surface area contributed by atoms with Crippen molar-refractivity contribution in [2.24, 2.45) is 0 Å². The Morgan fingerprint density at radius 1 is 1.09 bits per heavy atom. The van der Waals surface area contributed by atoms with Gasteiger partial charge in [-0.25, -0.2) is 13.4 Å². The highest BCUT2D eigenvalue weighted by Gasteiger charge is 2.36. The minimum Gasteiger partial charge on any atom is -0.367 e. The number of halogens is 4. The number of hydrogen-bond donors (Lipinski definition) is 1. The molecule has 1 aromatic carbocycles. The van der Waals surface area contributed by atoms with Crippen molar-refractivity contribution in [1.29, 1.82) is 0 Å². The number of pyridine rings is 1. The Balaban J connectivity index is 1.42. The molecule has 172 valence electrons. The first kappa shape index (κ1) is 22.8. The van der Waals surface area contributed by atoms with Crippen LogP contribution in [0, 0.1) is 0 Å². The summed E-state index contributed by atoms with van der Waals surface area (Å²) in [5.74, 6) is 0.416. The second-order valence-corrected chi connectivity index (χ2v) is 10.0. The number of anilines is 1. The van der Waals surface area contributed by atoms with Gasteiger partial charge in [0, 0.05) is 38.4 Å². The lowest BCUT2D eigenvalue weighted by molar-refractivity contribution is -0.137. The molecule has 2 aromatic rings. The van der Waals surface area contributed by atoms with Crippen molar-refractivity contribution in [2.45, 2.75) is 30.0 Å². The standard InChI is InChI=1S/C20H20ClF3N4O3S/c21-17-5-4-15(11-16(17)20(22,23)24)32(30,31)28-9-7-27(8-10-28)19(29)13-1-6-18(25-12-13)26-14-2-3-14/h1,4-6,11-12,14H,2-3,7-10H2,(H,25,26). The molecule has 0 atom stereocenters.